The van der Waals surface area contributed by atoms with Crippen LogP contribution in [0.25, 0.3) is 0 Å². The number of hydrogen-bond acceptors (Lipinski definition) is 3. The summed E-state index contributed by atoms with van der Waals surface area (Å²) in [5.74, 6) is 0.831. The fourth-order valence-electron chi connectivity index (χ4n) is 3.36. The second-order valence-electron chi connectivity index (χ2n) is 6.80. The molecule has 3 aliphatic rings. The second-order valence-corrected chi connectivity index (χ2v) is 6.80. The standard InChI is InChI=1S/C15H28FN3/c16-15(12-18-14-1-2-14)5-9-19(10-6-15)11-13-3-7-17-8-4-13/h13-14,17-18H,1-12H2. The summed E-state index contributed by atoms with van der Waals surface area (Å²) >= 11 is 0. The zero-order chi connectivity index (χ0) is 13.1. The van der Waals surface area contributed by atoms with E-state index in [1.54, 1.807) is 0 Å². The number of alkyl halides is 1. The van der Waals surface area contributed by atoms with Crippen molar-refractivity contribution in [1.29, 1.82) is 0 Å². The van der Waals surface area contributed by atoms with Crippen molar-refractivity contribution in [2.24, 2.45) is 5.92 Å². The van der Waals surface area contributed by atoms with Crippen LogP contribution in [0, 0.1) is 5.92 Å². The number of halogens is 1. The van der Waals surface area contributed by atoms with Gasteiger partial charge in [0.25, 0.3) is 0 Å². The first-order valence-electron chi connectivity index (χ1n) is 8.09. The van der Waals surface area contributed by atoms with Crippen LogP contribution in [0.1, 0.15) is 38.5 Å². The van der Waals surface area contributed by atoms with E-state index >= 15 is 0 Å². The van der Waals surface area contributed by atoms with Gasteiger partial charge in [-0.15, -0.1) is 0 Å². The molecule has 110 valence electrons. The smallest absolute Gasteiger partial charge is 0.125 e. The maximum atomic E-state index is 14.6. The Hall–Kier alpha value is -0.190. The summed E-state index contributed by atoms with van der Waals surface area (Å²) in [6.07, 6.45) is 6.52. The Morgan fingerprint density at radius 3 is 2.42 bits per heavy atom. The lowest BCUT2D eigenvalue weighted by atomic mass is 9.91. The molecule has 0 amide bonds. The molecule has 0 aromatic heterocycles. The van der Waals surface area contributed by atoms with Gasteiger partial charge in [0.1, 0.15) is 5.67 Å². The summed E-state index contributed by atoms with van der Waals surface area (Å²) in [7, 11) is 0. The molecule has 3 nitrogen and oxygen atoms in total. The number of piperidine rings is 2. The van der Waals surface area contributed by atoms with Crippen molar-refractivity contribution < 1.29 is 4.39 Å². The van der Waals surface area contributed by atoms with Crippen molar-refractivity contribution in [1.82, 2.24) is 15.5 Å². The first-order valence-corrected chi connectivity index (χ1v) is 8.09. The van der Waals surface area contributed by atoms with Gasteiger partial charge in [-0.1, -0.05) is 0 Å². The Bertz CT molecular complexity index is 279. The molecule has 3 rings (SSSR count). The van der Waals surface area contributed by atoms with Crippen LogP contribution >= 0.6 is 0 Å². The van der Waals surface area contributed by atoms with Crippen LogP contribution < -0.4 is 10.6 Å². The fraction of sp³-hybridized carbons (Fsp3) is 1.00. The molecule has 1 saturated carbocycles. The molecule has 2 saturated heterocycles. The molecule has 19 heavy (non-hydrogen) atoms. The monoisotopic (exact) mass is 269 g/mol. The highest BCUT2D eigenvalue weighted by Gasteiger charge is 2.36. The van der Waals surface area contributed by atoms with Gasteiger partial charge in [0.05, 0.1) is 0 Å². The van der Waals surface area contributed by atoms with Crippen LogP contribution in [-0.4, -0.2) is 55.9 Å². The first-order chi connectivity index (χ1) is 9.23. The Kier molecular flexibility index (Phi) is 4.40. The quantitative estimate of drug-likeness (QED) is 0.793. The number of nitrogens with one attached hydrogen (secondary N) is 2. The van der Waals surface area contributed by atoms with Crippen molar-refractivity contribution in [2.45, 2.75) is 50.2 Å². The van der Waals surface area contributed by atoms with E-state index in [0.29, 0.717) is 12.6 Å². The normalized spacial score (nSPS) is 29.5. The summed E-state index contributed by atoms with van der Waals surface area (Å²) in [5.41, 5.74) is -0.937. The van der Waals surface area contributed by atoms with Gasteiger partial charge in [-0.3, -0.25) is 0 Å². The summed E-state index contributed by atoms with van der Waals surface area (Å²) in [4.78, 5) is 2.49. The number of rotatable bonds is 5. The van der Waals surface area contributed by atoms with Gasteiger partial charge in [0, 0.05) is 32.2 Å². The minimum atomic E-state index is -0.937. The van der Waals surface area contributed by atoms with Crippen molar-refractivity contribution in [3.8, 4) is 0 Å². The van der Waals surface area contributed by atoms with E-state index in [4.69, 9.17) is 0 Å². The van der Waals surface area contributed by atoms with Gasteiger partial charge >= 0.3 is 0 Å². The van der Waals surface area contributed by atoms with Gasteiger partial charge in [-0.05, 0) is 57.5 Å². The summed E-state index contributed by atoms with van der Waals surface area (Å²) in [6, 6.07) is 0.625. The number of hydrogen-bond donors (Lipinski definition) is 2. The maximum absolute atomic E-state index is 14.6. The highest BCUT2D eigenvalue weighted by molar-refractivity contribution is 4.92. The van der Waals surface area contributed by atoms with E-state index in [2.05, 4.69) is 15.5 Å². The van der Waals surface area contributed by atoms with Gasteiger partial charge in [-0.25, -0.2) is 4.39 Å². The third-order valence-electron chi connectivity index (χ3n) is 5.01. The topological polar surface area (TPSA) is 27.3 Å². The molecule has 0 unspecified atom stereocenters. The van der Waals surface area contributed by atoms with Crippen LogP contribution in [0.5, 0.6) is 0 Å². The third kappa shape index (κ3) is 4.14. The lowest BCUT2D eigenvalue weighted by Gasteiger charge is -2.38. The van der Waals surface area contributed by atoms with Gasteiger partial charge < -0.3 is 15.5 Å². The summed E-state index contributed by atoms with van der Waals surface area (Å²) < 4.78 is 14.6. The fourth-order valence-corrected chi connectivity index (χ4v) is 3.36. The SMILES string of the molecule is FC1(CNC2CC2)CCN(CC2CCNCC2)CC1. The molecule has 0 bridgehead atoms. The Morgan fingerprint density at radius 1 is 1.11 bits per heavy atom. The minimum absolute atomic E-state index is 0.582. The van der Waals surface area contributed by atoms with Crippen LogP contribution in [0.2, 0.25) is 0 Å². The molecule has 0 spiro atoms. The molecule has 0 aromatic rings. The predicted octanol–water partition coefficient (Wildman–Crippen LogP) is 1.54. The second kappa shape index (κ2) is 6.06. The molecule has 1 aliphatic carbocycles. The van der Waals surface area contributed by atoms with Crippen molar-refractivity contribution >= 4 is 0 Å². The summed E-state index contributed by atoms with van der Waals surface area (Å²) in [6.45, 7) is 6.00. The van der Waals surface area contributed by atoms with Crippen molar-refractivity contribution in [3.63, 3.8) is 0 Å². The van der Waals surface area contributed by atoms with E-state index in [-0.39, 0.29) is 0 Å². The van der Waals surface area contributed by atoms with Crippen molar-refractivity contribution in [3.05, 3.63) is 0 Å². The molecule has 4 heteroatoms. The number of nitrogens with zero attached hydrogens (tertiary/aromatic N) is 1. The molecular formula is C15H28FN3. The van der Waals surface area contributed by atoms with Crippen LogP contribution in [0.3, 0.4) is 0 Å². The van der Waals surface area contributed by atoms with E-state index in [9.17, 15) is 4.39 Å². The average molecular weight is 269 g/mol. The molecule has 2 N–H and O–H groups in total. The predicted molar refractivity (Wildman–Crippen MR) is 76.1 cm³/mol. The maximum Gasteiger partial charge on any atom is 0.125 e. The molecule has 0 aromatic carbocycles. The molecule has 2 aliphatic heterocycles. The Morgan fingerprint density at radius 2 is 1.79 bits per heavy atom. The van der Waals surface area contributed by atoms with Crippen LogP contribution in [-0.2, 0) is 0 Å². The van der Waals surface area contributed by atoms with E-state index in [1.807, 2.05) is 0 Å². The highest BCUT2D eigenvalue weighted by Crippen LogP contribution is 2.29. The van der Waals surface area contributed by atoms with Crippen LogP contribution in [0.15, 0.2) is 0 Å². The van der Waals surface area contributed by atoms with E-state index in [1.165, 1.54) is 32.2 Å². The molecule has 3 fully saturated rings. The van der Waals surface area contributed by atoms with Crippen LogP contribution in [0.4, 0.5) is 4.39 Å². The molecule has 2 heterocycles. The molecule has 0 radical (unpaired) electrons. The minimum Gasteiger partial charge on any atom is -0.317 e. The molecule has 0 atom stereocenters. The first kappa shape index (κ1) is 13.8. The van der Waals surface area contributed by atoms with E-state index in [0.717, 1.165) is 44.9 Å². The van der Waals surface area contributed by atoms with Gasteiger partial charge in [0.2, 0.25) is 0 Å². The highest BCUT2D eigenvalue weighted by atomic mass is 19.1. The Labute approximate surface area is 116 Å². The van der Waals surface area contributed by atoms with E-state index < -0.39 is 5.67 Å². The summed E-state index contributed by atoms with van der Waals surface area (Å²) in [5, 5.41) is 6.77. The zero-order valence-electron chi connectivity index (χ0n) is 12.0. The average Bonchev–Trinajstić information content (AvgIpc) is 3.25. The Balaban J connectivity index is 1.37. The largest absolute Gasteiger partial charge is 0.317 e. The lowest BCUT2D eigenvalue weighted by Crippen LogP contribution is -2.49. The molecular weight excluding hydrogens is 241 g/mol. The van der Waals surface area contributed by atoms with Gasteiger partial charge in [-0.2, -0.15) is 0 Å². The zero-order valence-corrected chi connectivity index (χ0v) is 12.0. The number of likely N-dealkylation sites (tertiary alicyclic amines) is 1. The van der Waals surface area contributed by atoms with Gasteiger partial charge in [0.15, 0.2) is 0 Å². The van der Waals surface area contributed by atoms with Crippen molar-refractivity contribution in [2.75, 3.05) is 39.3 Å². The third-order valence-corrected chi connectivity index (χ3v) is 5.01. The lowest BCUT2D eigenvalue weighted by molar-refractivity contribution is 0.0485.